The van der Waals surface area contributed by atoms with Crippen molar-refractivity contribution in [3.63, 3.8) is 0 Å². The molecule has 130 valence electrons. The Kier molecular flexibility index (Phi) is 5.80. The van der Waals surface area contributed by atoms with Gasteiger partial charge in [-0.05, 0) is 68.9 Å². The predicted octanol–water partition coefficient (Wildman–Crippen LogP) is 4.65. The first-order valence-electron chi connectivity index (χ1n) is 8.84. The fourth-order valence-corrected chi connectivity index (χ4v) is 3.89. The standard InChI is InChI=1S/C19H25ClN2O2/c20-15-5-6-16-17(13-21-18(16)12-15)14-7-10-22(11-8-14)9-3-1-2-4-19(23)24/h5-6,12-14,21H,1-4,7-11H2,(H,23,24). The molecule has 1 fully saturated rings. The molecule has 0 radical (unpaired) electrons. The van der Waals surface area contributed by atoms with Gasteiger partial charge in [0, 0.05) is 28.5 Å². The van der Waals surface area contributed by atoms with Crippen molar-refractivity contribution in [2.75, 3.05) is 19.6 Å². The maximum absolute atomic E-state index is 10.5. The van der Waals surface area contributed by atoms with Crippen molar-refractivity contribution < 1.29 is 9.90 Å². The zero-order valence-corrected chi connectivity index (χ0v) is 14.7. The Morgan fingerprint density at radius 1 is 1.25 bits per heavy atom. The lowest BCUT2D eigenvalue weighted by Crippen LogP contribution is -2.33. The van der Waals surface area contributed by atoms with Gasteiger partial charge in [0.1, 0.15) is 0 Å². The lowest BCUT2D eigenvalue weighted by molar-refractivity contribution is -0.137. The number of carboxylic acids is 1. The van der Waals surface area contributed by atoms with Crippen LogP contribution < -0.4 is 0 Å². The molecule has 0 unspecified atom stereocenters. The average Bonchev–Trinajstić information content (AvgIpc) is 2.98. The molecule has 3 rings (SSSR count). The first kappa shape index (κ1) is 17.3. The molecule has 0 saturated carbocycles. The van der Waals surface area contributed by atoms with E-state index in [1.54, 1.807) is 0 Å². The van der Waals surface area contributed by atoms with E-state index in [-0.39, 0.29) is 0 Å². The third kappa shape index (κ3) is 4.31. The third-order valence-electron chi connectivity index (χ3n) is 5.07. The molecule has 1 aromatic carbocycles. The van der Waals surface area contributed by atoms with Crippen molar-refractivity contribution in [2.45, 2.75) is 44.4 Å². The normalized spacial score (nSPS) is 16.7. The van der Waals surface area contributed by atoms with Crippen LogP contribution in [0.3, 0.4) is 0 Å². The van der Waals surface area contributed by atoms with Crippen LogP contribution in [0, 0.1) is 0 Å². The summed E-state index contributed by atoms with van der Waals surface area (Å²) in [5, 5.41) is 10.7. The molecule has 2 aromatic rings. The summed E-state index contributed by atoms with van der Waals surface area (Å²) in [5.74, 6) is -0.0704. The number of piperidine rings is 1. The number of nitrogens with zero attached hydrogens (tertiary/aromatic N) is 1. The van der Waals surface area contributed by atoms with Crippen LogP contribution in [0.2, 0.25) is 5.02 Å². The molecular formula is C19H25ClN2O2. The van der Waals surface area contributed by atoms with Crippen LogP contribution >= 0.6 is 11.6 Å². The van der Waals surface area contributed by atoms with Gasteiger partial charge in [-0.2, -0.15) is 0 Å². The topological polar surface area (TPSA) is 56.3 Å². The second-order valence-electron chi connectivity index (χ2n) is 6.75. The van der Waals surface area contributed by atoms with Crippen molar-refractivity contribution in [1.82, 2.24) is 9.88 Å². The van der Waals surface area contributed by atoms with E-state index in [4.69, 9.17) is 16.7 Å². The second-order valence-corrected chi connectivity index (χ2v) is 7.19. The minimum absolute atomic E-state index is 0.298. The summed E-state index contributed by atoms with van der Waals surface area (Å²) in [7, 11) is 0. The molecule has 0 amide bonds. The largest absolute Gasteiger partial charge is 0.481 e. The van der Waals surface area contributed by atoms with Crippen molar-refractivity contribution in [2.24, 2.45) is 0 Å². The molecule has 0 spiro atoms. The van der Waals surface area contributed by atoms with Gasteiger partial charge in [0.05, 0.1) is 0 Å². The van der Waals surface area contributed by atoms with E-state index in [2.05, 4.69) is 22.1 Å². The molecule has 0 atom stereocenters. The highest BCUT2D eigenvalue weighted by Crippen LogP contribution is 2.34. The van der Waals surface area contributed by atoms with Gasteiger partial charge in [0.2, 0.25) is 0 Å². The molecule has 1 aliphatic heterocycles. The molecule has 1 aliphatic rings. The number of fused-ring (bicyclic) bond motifs is 1. The fraction of sp³-hybridized carbons (Fsp3) is 0.526. The maximum Gasteiger partial charge on any atom is 0.303 e. The van der Waals surface area contributed by atoms with E-state index in [1.165, 1.54) is 23.8 Å². The first-order valence-corrected chi connectivity index (χ1v) is 9.22. The number of halogens is 1. The van der Waals surface area contributed by atoms with Gasteiger partial charge in [0.25, 0.3) is 0 Å². The fourth-order valence-electron chi connectivity index (χ4n) is 3.71. The Morgan fingerprint density at radius 2 is 2.04 bits per heavy atom. The Hall–Kier alpha value is -1.52. The number of hydrogen-bond acceptors (Lipinski definition) is 2. The van der Waals surface area contributed by atoms with Crippen molar-refractivity contribution in [1.29, 1.82) is 0 Å². The van der Waals surface area contributed by atoms with E-state index in [0.717, 1.165) is 49.4 Å². The molecule has 24 heavy (non-hydrogen) atoms. The Balaban J connectivity index is 1.47. The number of aromatic nitrogens is 1. The predicted molar refractivity (Wildman–Crippen MR) is 97.8 cm³/mol. The summed E-state index contributed by atoms with van der Waals surface area (Å²) in [6.45, 7) is 3.35. The average molecular weight is 349 g/mol. The van der Waals surface area contributed by atoms with Crippen molar-refractivity contribution in [3.8, 4) is 0 Å². The molecule has 2 heterocycles. The van der Waals surface area contributed by atoms with Crippen molar-refractivity contribution in [3.05, 3.63) is 35.0 Å². The number of likely N-dealkylation sites (tertiary alicyclic amines) is 1. The highest BCUT2D eigenvalue weighted by Gasteiger charge is 2.22. The Labute approximate surface area is 147 Å². The summed E-state index contributed by atoms with van der Waals surface area (Å²) in [6, 6.07) is 6.08. The second kappa shape index (κ2) is 8.04. The maximum atomic E-state index is 10.5. The molecule has 5 heteroatoms. The van der Waals surface area contributed by atoms with Crippen LogP contribution in [0.4, 0.5) is 0 Å². The minimum Gasteiger partial charge on any atom is -0.481 e. The van der Waals surface area contributed by atoms with Crippen molar-refractivity contribution >= 4 is 28.5 Å². The quantitative estimate of drug-likeness (QED) is 0.716. The number of benzene rings is 1. The molecule has 4 nitrogen and oxygen atoms in total. The van der Waals surface area contributed by atoms with Crippen LogP contribution in [-0.2, 0) is 4.79 Å². The Bertz CT molecular complexity index is 690. The molecule has 0 bridgehead atoms. The number of carbonyl (C=O) groups is 1. The van der Waals surface area contributed by atoms with Gasteiger partial charge in [-0.1, -0.05) is 24.1 Å². The van der Waals surface area contributed by atoms with Crippen LogP contribution in [0.15, 0.2) is 24.4 Å². The molecule has 0 aliphatic carbocycles. The van der Waals surface area contributed by atoms with E-state index in [0.29, 0.717) is 12.3 Å². The number of nitrogens with one attached hydrogen (secondary N) is 1. The van der Waals surface area contributed by atoms with Gasteiger partial charge in [-0.3, -0.25) is 4.79 Å². The SMILES string of the molecule is O=C(O)CCCCCN1CCC(c2c[nH]c3cc(Cl)ccc23)CC1. The van der Waals surface area contributed by atoms with E-state index in [1.807, 2.05) is 12.1 Å². The number of aromatic amines is 1. The van der Waals surface area contributed by atoms with E-state index >= 15 is 0 Å². The molecule has 1 aromatic heterocycles. The summed E-state index contributed by atoms with van der Waals surface area (Å²) in [4.78, 5) is 16.4. The number of hydrogen-bond donors (Lipinski definition) is 2. The number of H-pyrrole nitrogens is 1. The summed E-state index contributed by atoms with van der Waals surface area (Å²) < 4.78 is 0. The number of rotatable bonds is 7. The number of aliphatic carboxylic acids is 1. The van der Waals surface area contributed by atoms with Gasteiger partial charge in [0.15, 0.2) is 0 Å². The van der Waals surface area contributed by atoms with E-state index < -0.39 is 5.97 Å². The van der Waals surface area contributed by atoms with Gasteiger partial charge < -0.3 is 15.0 Å². The monoisotopic (exact) mass is 348 g/mol. The molecule has 2 N–H and O–H groups in total. The smallest absolute Gasteiger partial charge is 0.303 e. The lowest BCUT2D eigenvalue weighted by Gasteiger charge is -2.32. The molecule has 1 saturated heterocycles. The highest BCUT2D eigenvalue weighted by atomic mass is 35.5. The highest BCUT2D eigenvalue weighted by molar-refractivity contribution is 6.31. The molecular weight excluding hydrogens is 324 g/mol. The lowest BCUT2D eigenvalue weighted by atomic mass is 9.89. The summed E-state index contributed by atoms with van der Waals surface area (Å²) >= 11 is 6.06. The first-order chi connectivity index (χ1) is 11.6. The van der Waals surface area contributed by atoms with Crippen LogP contribution in [0.25, 0.3) is 10.9 Å². The zero-order chi connectivity index (χ0) is 16.9. The zero-order valence-electron chi connectivity index (χ0n) is 13.9. The van der Waals surface area contributed by atoms with Crippen LogP contribution in [0.1, 0.15) is 50.0 Å². The summed E-state index contributed by atoms with van der Waals surface area (Å²) in [6.07, 6.45) is 7.72. The van der Waals surface area contributed by atoms with Gasteiger partial charge in [-0.25, -0.2) is 0 Å². The number of carboxylic acid groups (broad SMARTS) is 1. The van der Waals surface area contributed by atoms with Gasteiger partial charge in [-0.15, -0.1) is 0 Å². The van der Waals surface area contributed by atoms with E-state index in [9.17, 15) is 4.79 Å². The van der Waals surface area contributed by atoms with Crippen LogP contribution in [-0.4, -0.2) is 40.6 Å². The number of unbranched alkanes of at least 4 members (excludes halogenated alkanes) is 2. The third-order valence-corrected chi connectivity index (χ3v) is 5.30. The summed E-state index contributed by atoms with van der Waals surface area (Å²) in [5.41, 5.74) is 2.54. The van der Waals surface area contributed by atoms with Gasteiger partial charge >= 0.3 is 5.97 Å². The minimum atomic E-state index is -0.684. The Morgan fingerprint density at radius 3 is 2.79 bits per heavy atom. The van der Waals surface area contributed by atoms with Crippen LogP contribution in [0.5, 0.6) is 0 Å².